The summed E-state index contributed by atoms with van der Waals surface area (Å²) in [6, 6.07) is 10.6. The van der Waals surface area contributed by atoms with Crippen LogP contribution >= 0.6 is 0 Å². The van der Waals surface area contributed by atoms with Crippen molar-refractivity contribution in [3.05, 3.63) is 48.0 Å². The third kappa shape index (κ3) is 11.8. The Balaban J connectivity index is 0. The molecule has 2 aromatic rings. The summed E-state index contributed by atoms with van der Waals surface area (Å²) < 4.78 is 72.6. The number of rotatable bonds is 13. The van der Waals surface area contributed by atoms with Crippen LogP contribution in [0.3, 0.4) is 0 Å². The van der Waals surface area contributed by atoms with Crippen molar-refractivity contribution in [2.45, 2.75) is 74.5 Å². The van der Waals surface area contributed by atoms with Crippen LogP contribution in [0.2, 0.25) is 0 Å². The van der Waals surface area contributed by atoms with Crippen LogP contribution in [0.25, 0.3) is 0 Å². The third-order valence-corrected chi connectivity index (χ3v) is 6.90. The zero-order valence-electron chi connectivity index (χ0n) is 18.4. The van der Waals surface area contributed by atoms with Crippen LogP contribution in [0, 0.1) is 0 Å². The summed E-state index contributed by atoms with van der Waals surface area (Å²) >= 11 is 0. The maximum atomic E-state index is 12.1. The van der Waals surface area contributed by atoms with Gasteiger partial charge in [-0.1, -0.05) is 76.1 Å². The van der Waals surface area contributed by atoms with E-state index in [1.807, 2.05) is 0 Å². The molecule has 0 fully saturated rings. The Hall–Kier alpha value is 0.0200. The van der Waals surface area contributed by atoms with Crippen molar-refractivity contribution in [1.29, 1.82) is 0 Å². The molecule has 0 unspecified atom stereocenters. The standard InChI is InChI=1S/C22H30O7S2.H3N.2Na.2H/c1-2-3-4-5-6-7-8-10-13-18-16-17-20(30(23,24)25)22(31(26,27)28)21(18)29-19-14-11-9-12-15-19;;;;;/h9,11-12,14-17H,2-8,10,13H2,1H3,(H,23,24,25)(H,26,27,28);1H3;;;;. The topological polar surface area (TPSA) is 153 Å². The fraction of sp³-hybridized carbons (Fsp3) is 0.455. The maximum absolute atomic E-state index is 12.1. The predicted molar refractivity (Wildman–Crippen MR) is 138 cm³/mol. The van der Waals surface area contributed by atoms with Crippen LogP contribution in [0.5, 0.6) is 11.5 Å². The Labute approximate surface area is 247 Å². The summed E-state index contributed by atoms with van der Waals surface area (Å²) in [7, 11) is -9.91. The Bertz CT molecular complexity index is 1060. The second-order valence-electron chi connectivity index (χ2n) is 7.47. The first kappa shape index (κ1) is 36.2. The second-order valence-corrected chi connectivity index (χ2v) is 10.2. The van der Waals surface area contributed by atoms with Crippen LogP contribution < -0.4 is 10.9 Å². The molecular weight excluding hydrogens is 500 g/mol. The van der Waals surface area contributed by atoms with E-state index in [2.05, 4.69) is 6.92 Å². The molecule has 0 saturated heterocycles. The van der Waals surface area contributed by atoms with Gasteiger partial charge in [-0.15, -0.1) is 0 Å². The molecule has 184 valence electrons. The van der Waals surface area contributed by atoms with Gasteiger partial charge in [0.1, 0.15) is 10.6 Å². The van der Waals surface area contributed by atoms with E-state index in [1.54, 1.807) is 30.3 Å². The third-order valence-electron chi connectivity index (χ3n) is 4.96. The molecule has 0 heterocycles. The van der Waals surface area contributed by atoms with Crippen molar-refractivity contribution >= 4 is 79.4 Å². The van der Waals surface area contributed by atoms with Gasteiger partial charge < -0.3 is 10.9 Å². The molecule has 8 nitrogen and oxygen atoms in total. The number of hydrogen-bond acceptors (Lipinski definition) is 6. The first-order valence-corrected chi connectivity index (χ1v) is 13.4. The molecule has 0 aliphatic heterocycles. The summed E-state index contributed by atoms with van der Waals surface area (Å²) in [6.07, 6.45) is 9.13. The van der Waals surface area contributed by atoms with Gasteiger partial charge >= 0.3 is 59.1 Å². The fourth-order valence-corrected chi connectivity index (χ4v) is 5.33. The van der Waals surface area contributed by atoms with Crippen molar-refractivity contribution in [3.8, 4) is 11.5 Å². The quantitative estimate of drug-likeness (QED) is 0.192. The Morgan fingerprint density at radius 2 is 1.26 bits per heavy atom. The van der Waals surface area contributed by atoms with E-state index in [-0.39, 0.29) is 76.8 Å². The number of aryl methyl sites for hydroxylation is 1. The van der Waals surface area contributed by atoms with Crippen LogP contribution in [-0.4, -0.2) is 85.1 Å². The molecule has 0 aromatic heterocycles. The van der Waals surface area contributed by atoms with E-state index in [0.29, 0.717) is 12.0 Å². The van der Waals surface area contributed by atoms with Gasteiger partial charge in [0, 0.05) is 0 Å². The van der Waals surface area contributed by atoms with Crippen molar-refractivity contribution in [2.24, 2.45) is 0 Å². The Kier molecular flexibility index (Phi) is 18.6. The fourth-order valence-electron chi connectivity index (χ4n) is 3.40. The molecule has 0 amide bonds. The van der Waals surface area contributed by atoms with Gasteiger partial charge in [-0.3, -0.25) is 9.11 Å². The van der Waals surface area contributed by atoms with Gasteiger partial charge in [-0.05, 0) is 36.6 Å². The first-order valence-electron chi connectivity index (χ1n) is 10.5. The molecule has 5 N–H and O–H groups in total. The molecule has 0 aliphatic carbocycles. The first-order chi connectivity index (χ1) is 14.6. The second kappa shape index (κ2) is 17.5. The van der Waals surface area contributed by atoms with E-state index in [9.17, 15) is 25.9 Å². The van der Waals surface area contributed by atoms with Crippen LogP contribution in [0.1, 0.15) is 63.9 Å². The molecule has 12 heteroatoms. The average molecular weight is 536 g/mol. The van der Waals surface area contributed by atoms with Crippen LogP contribution in [0.4, 0.5) is 0 Å². The van der Waals surface area contributed by atoms with Crippen molar-refractivity contribution < 1.29 is 30.7 Å². The van der Waals surface area contributed by atoms with Gasteiger partial charge in [0.05, 0.1) is 0 Å². The zero-order valence-corrected chi connectivity index (χ0v) is 20.0. The summed E-state index contributed by atoms with van der Waals surface area (Å²) in [4.78, 5) is -1.86. The van der Waals surface area contributed by atoms with Gasteiger partial charge in [0.2, 0.25) is 0 Å². The number of hydrogen-bond donors (Lipinski definition) is 3. The minimum atomic E-state index is -5.00. The number of ether oxygens (including phenoxy) is 1. The molecule has 0 bridgehead atoms. The monoisotopic (exact) mass is 535 g/mol. The van der Waals surface area contributed by atoms with E-state index < -0.39 is 30.0 Å². The molecule has 34 heavy (non-hydrogen) atoms. The van der Waals surface area contributed by atoms with E-state index in [1.165, 1.54) is 31.7 Å². The Morgan fingerprint density at radius 3 is 1.76 bits per heavy atom. The van der Waals surface area contributed by atoms with E-state index in [4.69, 9.17) is 4.74 Å². The van der Waals surface area contributed by atoms with Gasteiger partial charge in [-0.2, -0.15) is 16.8 Å². The summed E-state index contributed by atoms with van der Waals surface area (Å²) in [5.41, 5.74) is 0.440. The number of unbranched alkanes of at least 4 members (excludes halogenated alkanes) is 7. The average Bonchev–Trinajstić information content (AvgIpc) is 2.69. The van der Waals surface area contributed by atoms with E-state index in [0.717, 1.165) is 31.7 Å². The molecular formula is C22H35NNa2O7S2. The Morgan fingerprint density at radius 1 is 0.735 bits per heavy atom. The SMILES string of the molecule is CCCCCCCCCCc1ccc(S(=O)(=O)O)c(S(=O)(=O)O)c1Oc1ccccc1.N.[NaH].[NaH]. The van der Waals surface area contributed by atoms with Crippen molar-refractivity contribution in [3.63, 3.8) is 0 Å². The van der Waals surface area contributed by atoms with Gasteiger partial charge in [0.15, 0.2) is 10.6 Å². The molecule has 2 rings (SSSR count). The number of benzene rings is 2. The summed E-state index contributed by atoms with van der Waals surface area (Å²) in [6.45, 7) is 2.17. The summed E-state index contributed by atoms with van der Waals surface area (Å²) in [5, 5.41) is 0. The van der Waals surface area contributed by atoms with Crippen LogP contribution in [-0.2, 0) is 26.7 Å². The molecule has 0 saturated carbocycles. The minimum absolute atomic E-state index is 0. The predicted octanol–water partition coefficient (Wildman–Crippen LogP) is 4.52. The van der Waals surface area contributed by atoms with Gasteiger partial charge in [-0.25, -0.2) is 0 Å². The molecule has 0 radical (unpaired) electrons. The molecule has 0 aliphatic rings. The molecule has 2 aromatic carbocycles. The van der Waals surface area contributed by atoms with Gasteiger partial charge in [0.25, 0.3) is 20.2 Å². The summed E-state index contributed by atoms with van der Waals surface area (Å²) in [5.74, 6) is -0.0103. The van der Waals surface area contributed by atoms with Crippen LogP contribution in [0.15, 0.2) is 52.3 Å². The van der Waals surface area contributed by atoms with Crippen molar-refractivity contribution in [2.75, 3.05) is 0 Å². The molecule has 0 atom stereocenters. The molecule has 0 spiro atoms. The number of para-hydroxylation sites is 1. The zero-order chi connectivity index (χ0) is 22.9. The van der Waals surface area contributed by atoms with Crippen molar-refractivity contribution in [1.82, 2.24) is 6.15 Å². The normalized spacial score (nSPS) is 11.0. The van der Waals surface area contributed by atoms with E-state index >= 15 is 0 Å².